The molecule has 3 aromatic carbocycles. The Kier molecular flexibility index (Phi) is 5.85. The van der Waals surface area contributed by atoms with Gasteiger partial charge in [0.05, 0.1) is 7.11 Å². The first-order valence-corrected chi connectivity index (χ1v) is 10.5. The van der Waals surface area contributed by atoms with Crippen LogP contribution in [0, 0.1) is 0 Å². The molecule has 0 radical (unpaired) electrons. The van der Waals surface area contributed by atoms with Gasteiger partial charge < -0.3 is 13.9 Å². The second kappa shape index (κ2) is 9.41. The first-order chi connectivity index (χ1) is 16.7. The summed E-state index contributed by atoms with van der Waals surface area (Å²) in [5.74, 6) is 1.77. The van der Waals surface area contributed by atoms with Gasteiger partial charge >= 0.3 is 5.97 Å². The zero-order chi connectivity index (χ0) is 23.3. The summed E-state index contributed by atoms with van der Waals surface area (Å²) in [5.41, 5.74) is 3.07. The van der Waals surface area contributed by atoms with Crippen molar-refractivity contribution >= 4 is 5.97 Å². The summed E-state index contributed by atoms with van der Waals surface area (Å²) in [6.07, 6.45) is 1.37. The van der Waals surface area contributed by atoms with Crippen LogP contribution in [0.4, 0.5) is 0 Å². The maximum atomic E-state index is 11.4. The molecule has 5 rings (SSSR count). The van der Waals surface area contributed by atoms with Crippen LogP contribution >= 0.6 is 0 Å². The maximum Gasteiger partial charge on any atom is 0.343 e. The predicted molar refractivity (Wildman–Crippen MR) is 125 cm³/mol. The molecular formula is C26H20N4O4. The molecule has 0 unspecified atom stereocenters. The Morgan fingerprint density at radius 2 is 1.59 bits per heavy atom. The van der Waals surface area contributed by atoms with Crippen LogP contribution in [0.25, 0.3) is 39.9 Å². The van der Waals surface area contributed by atoms with E-state index >= 15 is 0 Å². The number of rotatable bonds is 7. The van der Waals surface area contributed by atoms with Crippen LogP contribution in [0.1, 0.15) is 0 Å². The number of ether oxygens (including phenoxy) is 2. The molecule has 0 saturated heterocycles. The summed E-state index contributed by atoms with van der Waals surface area (Å²) >= 11 is 0. The normalized spacial score (nSPS) is 10.7. The number of hydrogen-bond acceptors (Lipinski definition) is 7. The van der Waals surface area contributed by atoms with Crippen molar-refractivity contribution in [3.05, 3.63) is 91.3 Å². The second-order valence-corrected chi connectivity index (χ2v) is 7.31. The lowest BCUT2D eigenvalue weighted by molar-refractivity contribution is -0.142. The number of nitrogens with zero attached hydrogens (tertiary/aromatic N) is 4. The largest absolute Gasteiger partial charge is 0.482 e. The van der Waals surface area contributed by atoms with E-state index < -0.39 is 5.97 Å². The Hall–Kier alpha value is -4.72. The van der Waals surface area contributed by atoms with Gasteiger partial charge in [0.2, 0.25) is 0 Å². The topological polar surface area (TPSA) is 92.3 Å². The first-order valence-electron chi connectivity index (χ1n) is 10.5. The van der Waals surface area contributed by atoms with E-state index in [0.29, 0.717) is 28.9 Å². The van der Waals surface area contributed by atoms with E-state index in [1.807, 2.05) is 77.4 Å². The predicted octanol–water partition coefficient (Wildman–Crippen LogP) is 4.81. The lowest BCUT2D eigenvalue weighted by atomic mass is 10.1. The number of benzene rings is 3. The summed E-state index contributed by atoms with van der Waals surface area (Å²) < 4.78 is 17.9. The van der Waals surface area contributed by atoms with Crippen LogP contribution < -0.4 is 4.74 Å². The van der Waals surface area contributed by atoms with Crippen molar-refractivity contribution in [2.24, 2.45) is 0 Å². The van der Waals surface area contributed by atoms with E-state index in [4.69, 9.17) is 9.15 Å². The number of methoxy groups -OCH3 is 1. The third kappa shape index (κ3) is 4.16. The fourth-order valence-corrected chi connectivity index (χ4v) is 3.57. The molecule has 0 saturated carbocycles. The third-order valence-corrected chi connectivity index (χ3v) is 5.17. The first kappa shape index (κ1) is 21.1. The molecule has 0 N–H and O–H groups in total. The smallest absolute Gasteiger partial charge is 0.343 e. The van der Waals surface area contributed by atoms with E-state index in [2.05, 4.69) is 19.9 Å². The average molecular weight is 452 g/mol. The molecule has 168 valence electrons. The number of carbonyl (C=O) groups is 1. The number of hydrogen-bond donors (Lipinski definition) is 0. The van der Waals surface area contributed by atoms with Gasteiger partial charge in [0.1, 0.15) is 5.75 Å². The van der Waals surface area contributed by atoms with Crippen LogP contribution in [0.2, 0.25) is 0 Å². The summed E-state index contributed by atoms with van der Waals surface area (Å²) in [5, 5.41) is 8.97. The van der Waals surface area contributed by atoms with Crippen molar-refractivity contribution in [1.29, 1.82) is 0 Å². The van der Waals surface area contributed by atoms with E-state index in [1.54, 1.807) is 12.1 Å². The van der Waals surface area contributed by atoms with Gasteiger partial charge in [0.25, 0.3) is 0 Å². The number of aromatic nitrogens is 4. The molecule has 2 heterocycles. The van der Waals surface area contributed by atoms with Gasteiger partial charge in [-0.25, -0.2) is 9.78 Å². The highest BCUT2D eigenvalue weighted by molar-refractivity contribution is 5.76. The molecule has 5 aromatic rings. The molecule has 0 fully saturated rings. The molecule has 8 nitrogen and oxygen atoms in total. The molecule has 2 aromatic heterocycles. The van der Waals surface area contributed by atoms with Crippen LogP contribution in [0.5, 0.6) is 5.75 Å². The van der Waals surface area contributed by atoms with E-state index in [1.165, 1.54) is 13.5 Å². The number of para-hydroxylation sites is 1. The number of carbonyl (C=O) groups excluding carboxylic acids is 1. The van der Waals surface area contributed by atoms with Crippen molar-refractivity contribution in [3.8, 4) is 45.7 Å². The highest BCUT2D eigenvalue weighted by Gasteiger charge is 2.23. The van der Waals surface area contributed by atoms with Crippen molar-refractivity contribution in [2.75, 3.05) is 13.7 Å². The number of oxazole rings is 1. The Morgan fingerprint density at radius 3 is 2.35 bits per heavy atom. The maximum absolute atomic E-state index is 11.4. The van der Waals surface area contributed by atoms with E-state index in [-0.39, 0.29) is 6.61 Å². The van der Waals surface area contributed by atoms with E-state index in [0.717, 1.165) is 16.8 Å². The van der Waals surface area contributed by atoms with Crippen molar-refractivity contribution in [1.82, 2.24) is 19.7 Å². The van der Waals surface area contributed by atoms with Gasteiger partial charge in [-0.1, -0.05) is 60.7 Å². The summed E-state index contributed by atoms with van der Waals surface area (Å²) in [6, 6.07) is 26.9. The SMILES string of the molecule is COC(=O)COc1cccc(-c2ocnc2-c2nnc(-c3ccccc3)n2-c2ccccc2)c1. The van der Waals surface area contributed by atoms with E-state index in [9.17, 15) is 4.79 Å². The Bertz CT molecular complexity index is 1410. The number of esters is 1. The third-order valence-electron chi connectivity index (χ3n) is 5.17. The quantitative estimate of drug-likeness (QED) is 0.327. The molecule has 0 aliphatic rings. The summed E-state index contributed by atoms with van der Waals surface area (Å²) in [7, 11) is 1.31. The molecule has 0 atom stereocenters. The van der Waals surface area contributed by atoms with Gasteiger partial charge in [0.15, 0.2) is 36.1 Å². The Balaban J connectivity index is 1.60. The Labute approximate surface area is 195 Å². The lowest BCUT2D eigenvalue weighted by Crippen LogP contribution is -2.12. The molecule has 0 aliphatic carbocycles. The van der Waals surface area contributed by atoms with Gasteiger partial charge in [-0.3, -0.25) is 4.57 Å². The van der Waals surface area contributed by atoms with Crippen molar-refractivity contribution in [2.45, 2.75) is 0 Å². The van der Waals surface area contributed by atoms with Crippen LogP contribution in [-0.2, 0) is 9.53 Å². The minimum Gasteiger partial charge on any atom is -0.482 e. The standard InChI is InChI=1S/C26H20N4O4/c1-32-22(31)16-33-21-14-8-11-19(15-21)24-23(27-17-34-24)26-29-28-25(18-9-4-2-5-10-18)30(26)20-12-6-3-7-13-20/h2-15,17H,16H2,1H3. The molecule has 0 amide bonds. The fraction of sp³-hybridized carbons (Fsp3) is 0.0769. The zero-order valence-electron chi connectivity index (χ0n) is 18.3. The minimum atomic E-state index is -0.463. The molecule has 0 aliphatic heterocycles. The van der Waals surface area contributed by atoms with Gasteiger partial charge in [-0.15, -0.1) is 10.2 Å². The molecule has 0 bridgehead atoms. The van der Waals surface area contributed by atoms with Gasteiger partial charge in [0, 0.05) is 16.8 Å². The van der Waals surface area contributed by atoms with Crippen molar-refractivity contribution in [3.63, 3.8) is 0 Å². The highest BCUT2D eigenvalue weighted by Crippen LogP contribution is 2.35. The van der Waals surface area contributed by atoms with Crippen LogP contribution in [-0.4, -0.2) is 39.4 Å². The monoisotopic (exact) mass is 452 g/mol. The molecular weight excluding hydrogens is 432 g/mol. The fourth-order valence-electron chi connectivity index (χ4n) is 3.57. The zero-order valence-corrected chi connectivity index (χ0v) is 18.3. The van der Waals surface area contributed by atoms with Crippen LogP contribution in [0.3, 0.4) is 0 Å². The Morgan fingerprint density at radius 1 is 0.882 bits per heavy atom. The summed E-state index contributed by atoms with van der Waals surface area (Å²) in [4.78, 5) is 15.9. The van der Waals surface area contributed by atoms with Crippen LogP contribution in [0.15, 0.2) is 95.7 Å². The average Bonchev–Trinajstić information content (AvgIpc) is 3.56. The minimum absolute atomic E-state index is 0.189. The molecule has 34 heavy (non-hydrogen) atoms. The van der Waals surface area contributed by atoms with Gasteiger partial charge in [-0.05, 0) is 24.3 Å². The molecule has 8 heteroatoms. The second-order valence-electron chi connectivity index (χ2n) is 7.31. The van der Waals surface area contributed by atoms with Gasteiger partial charge in [-0.2, -0.15) is 0 Å². The molecule has 0 spiro atoms. The summed E-state index contributed by atoms with van der Waals surface area (Å²) in [6.45, 7) is -0.189. The van der Waals surface area contributed by atoms with Crippen molar-refractivity contribution < 1.29 is 18.7 Å². The highest BCUT2D eigenvalue weighted by atomic mass is 16.6. The lowest BCUT2D eigenvalue weighted by Gasteiger charge is -2.10.